The van der Waals surface area contributed by atoms with Crippen LogP contribution in [0.15, 0.2) is 36.4 Å². The molecule has 1 amide bonds. The topological polar surface area (TPSA) is 29.1 Å². The van der Waals surface area contributed by atoms with Crippen LogP contribution in [0.4, 0.5) is 0 Å². The molecule has 4 heteroatoms. The van der Waals surface area contributed by atoms with Crippen molar-refractivity contribution in [1.82, 2.24) is 5.32 Å². The molecular weight excluding hydrogens is 539 g/mol. The first-order valence-corrected chi connectivity index (χ1v) is 18.5. The number of hydrogen-bond acceptors (Lipinski definition) is 3. The van der Waals surface area contributed by atoms with Crippen LogP contribution in [0, 0.1) is 0 Å². The van der Waals surface area contributed by atoms with Crippen LogP contribution >= 0.6 is 22.7 Å². The van der Waals surface area contributed by atoms with Crippen LogP contribution in [0.2, 0.25) is 0 Å². The fraction of sp³-hybridized carbons (Fsp3) is 0.595. The van der Waals surface area contributed by atoms with Gasteiger partial charge < -0.3 is 5.32 Å². The van der Waals surface area contributed by atoms with Gasteiger partial charge in [-0.3, -0.25) is 4.79 Å². The number of nitrogens with one attached hydrogen (secondary N) is 1. The predicted molar refractivity (Wildman–Crippen MR) is 185 cm³/mol. The number of unbranched alkanes of at least 4 members (excludes halogenated alkanes) is 16. The number of benzene rings is 2. The fourth-order valence-electron chi connectivity index (χ4n) is 5.98. The predicted octanol–water partition coefficient (Wildman–Crippen LogP) is 12.6. The third kappa shape index (κ3) is 9.82. The van der Waals surface area contributed by atoms with Gasteiger partial charge in [-0.2, -0.15) is 0 Å². The van der Waals surface area contributed by atoms with Crippen LogP contribution in [0.1, 0.15) is 145 Å². The average molecular weight is 592 g/mol. The van der Waals surface area contributed by atoms with E-state index in [2.05, 4.69) is 49.5 Å². The molecule has 2 heterocycles. The van der Waals surface area contributed by atoms with E-state index in [1.807, 2.05) is 28.7 Å². The Balaban J connectivity index is 1.19. The molecule has 0 aliphatic heterocycles. The summed E-state index contributed by atoms with van der Waals surface area (Å²) in [5, 5.41) is 5.83. The summed E-state index contributed by atoms with van der Waals surface area (Å²) in [6.45, 7) is 5.34. The Morgan fingerprint density at radius 1 is 0.585 bits per heavy atom. The van der Waals surface area contributed by atoms with Crippen molar-refractivity contribution in [3.05, 3.63) is 47.5 Å². The number of carbonyl (C=O) groups excluding carboxylic acids is 1. The highest BCUT2D eigenvalue weighted by Crippen LogP contribution is 2.44. The van der Waals surface area contributed by atoms with Crippen molar-refractivity contribution in [2.45, 2.75) is 136 Å². The van der Waals surface area contributed by atoms with Crippen molar-refractivity contribution in [3.8, 4) is 0 Å². The zero-order chi connectivity index (χ0) is 28.7. The Hall–Kier alpha value is -1.91. The lowest BCUT2D eigenvalue weighted by molar-refractivity contribution is 0.0953. The Morgan fingerprint density at radius 2 is 1.07 bits per heavy atom. The molecule has 4 aromatic rings. The molecule has 41 heavy (non-hydrogen) atoms. The molecule has 4 rings (SSSR count). The lowest BCUT2D eigenvalue weighted by atomic mass is 10.0. The second-order valence-electron chi connectivity index (χ2n) is 12.1. The smallest absolute Gasteiger partial charge is 0.251 e. The maximum Gasteiger partial charge on any atom is 0.251 e. The number of hydrogen-bond donors (Lipinski definition) is 1. The number of amides is 1. The second-order valence-corrected chi connectivity index (χ2v) is 14.2. The van der Waals surface area contributed by atoms with Gasteiger partial charge in [0.1, 0.15) is 0 Å². The summed E-state index contributed by atoms with van der Waals surface area (Å²) in [7, 11) is 0. The van der Waals surface area contributed by atoms with Crippen molar-refractivity contribution in [1.29, 1.82) is 0 Å². The summed E-state index contributed by atoms with van der Waals surface area (Å²) in [5.41, 5.74) is 2.26. The van der Waals surface area contributed by atoms with Crippen LogP contribution in [0.5, 0.6) is 0 Å². The van der Waals surface area contributed by atoms with E-state index >= 15 is 0 Å². The number of aryl methyl sites for hydroxylation is 1. The minimum absolute atomic E-state index is 0.0657. The summed E-state index contributed by atoms with van der Waals surface area (Å²) in [5.74, 6) is 0.0657. The van der Waals surface area contributed by atoms with Crippen LogP contribution in [-0.2, 0) is 6.42 Å². The number of rotatable bonds is 21. The Bertz CT molecular complexity index is 1330. The van der Waals surface area contributed by atoms with E-state index < -0.39 is 0 Å². The Morgan fingerprint density at radius 3 is 1.66 bits per heavy atom. The lowest BCUT2D eigenvalue weighted by Gasteiger charge is -2.06. The van der Waals surface area contributed by atoms with Crippen LogP contribution in [0.3, 0.4) is 0 Å². The highest BCUT2D eigenvalue weighted by atomic mass is 32.1. The number of fused-ring (bicyclic) bond motifs is 5. The highest BCUT2D eigenvalue weighted by molar-refractivity contribution is 7.36. The van der Waals surface area contributed by atoms with Crippen LogP contribution in [0.25, 0.3) is 29.6 Å². The molecule has 0 aliphatic rings. The van der Waals surface area contributed by atoms with E-state index in [4.69, 9.17) is 0 Å². The van der Waals surface area contributed by atoms with Gasteiger partial charge >= 0.3 is 0 Å². The molecule has 0 radical (unpaired) electrons. The van der Waals surface area contributed by atoms with E-state index in [1.165, 1.54) is 151 Å². The molecule has 1 N–H and O–H groups in total. The summed E-state index contributed by atoms with van der Waals surface area (Å²) >= 11 is 3.76. The van der Waals surface area contributed by atoms with Gasteiger partial charge in [-0.25, -0.2) is 0 Å². The van der Waals surface area contributed by atoms with Gasteiger partial charge in [-0.05, 0) is 43.0 Å². The SMILES string of the molecule is CCCCCCCCCCCCCCNC(=O)c1ccc2c(c1)sc1c3ccc(CCCCCCCC)cc3sc21. The van der Waals surface area contributed by atoms with Gasteiger partial charge in [-0.15, -0.1) is 22.7 Å². The maximum absolute atomic E-state index is 12.8. The average Bonchev–Trinajstić information content (AvgIpc) is 3.52. The van der Waals surface area contributed by atoms with E-state index in [9.17, 15) is 4.79 Å². The number of carbonyl (C=O) groups is 1. The van der Waals surface area contributed by atoms with Crippen molar-refractivity contribution < 1.29 is 4.79 Å². The molecule has 0 saturated carbocycles. The van der Waals surface area contributed by atoms with Crippen LogP contribution < -0.4 is 5.32 Å². The first-order valence-electron chi connectivity index (χ1n) is 16.9. The largest absolute Gasteiger partial charge is 0.352 e. The van der Waals surface area contributed by atoms with Gasteiger partial charge in [0.2, 0.25) is 0 Å². The Labute approximate surface area is 257 Å². The molecular formula is C37H53NOS2. The zero-order valence-corrected chi connectivity index (χ0v) is 27.5. The first kappa shape index (κ1) is 32.0. The molecule has 2 aromatic heterocycles. The molecule has 0 atom stereocenters. The van der Waals surface area contributed by atoms with Gasteiger partial charge in [0.15, 0.2) is 0 Å². The minimum Gasteiger partial charge on any atom is -0.352 e. The molecule has 0 bridgehead atoms. The second kappa shape index (κ2) is 17.9. The molecule has 224 valence electrons. The van der Waals surface area contributed by atoms with E-state index in [-0.39, 0.29) is 5.91 Å². The van der Waals surface area contributed by atoms with Crippen LogP contribution in [-0.4, -0.2) is 12.5 Å². The minimum atomic E-state index is 0.0657. The normalized spacial score (nSPS) is 11.8. The standard InChI is InChI=1S/C37H53NOS2/c1-3-5-7-9-11-12-13-14-15-16-18-20-26-38-37(39)30-23-25-32-34(28-30)41-35-31-24-22-29(27-33(31)40-36(32)35)21-19-17-10-8-6-4-2/h22-25,27-28H,3-21,26H2,1-2H3,(H,38,39). The fourth-order valence-corrected chi connectivity index (χ4v) is 8.73. The molecule has 0 spiro atoms. The summed E-state index contributed by atoms with van der Waals surface area (Å²) in [4.78, 5) is 12.8. The summed E-state index contributed by atoms with van der Waals surface area (Å²) < 4.78 is 5.38. The van der Waals surface area contributed by atoms with Crippen molar-refractivity contribution >= 4 is 58.2 Å². The molecule has 0 unspecified atom stereocenters. The lowest BCUT2D eigenvalue weighted by Crippen LogP contribution is -2.24. The van der Waals surface area contributed by atoms with Crippen molar-refractivity contribution in [2.24, 2.45) is 0 Å². The summed E-state index contributed by atoms with van der Waals surface area (Å²) in [6, 6.07) is 13.4. The molecule has 0 saturated heterocycles. The monoisotopic (exact) mass is 591 g/mol. The van der Waals surface area contributed by atoms with E-state index in [0.29, 0.717) is 0 Å². The zero-order valence-electron chi connectivity index (χ0n) is 25.8. The van der Waals surface area contributed by atoms with Gasteiger partial charge in [0, 0.05) is 32.3 Å². The molecule has 0 fully saturated rings. The van der Waals surface area contributed by atoms with Crippen molar-refractivity contribution in [2.75, 3.05) is 6.54 Å². The van der Waals surface area contributed by atoms with Gasteiger partial charge in [0.05, 0.1) is 9.40 Å². The number of thiophene rings is 2. The third-order valence-corrected chi connectivity index (χ3v) is 11.0. The van der Waals surface area contributed by atoms with E-state index in [0.717, 1.165) is 18.5 Å². The third-order valence-electron chi connectivity index (χ3n) is 8.54. The maximum atomic E-state index is 12.8. The Kier molecular flexibility index (Phi) is 14.0. The van der Waals surface area contributed by atoms with Crippen molar-refractivity contribution in [3.63, 3.8) is 0 Å². The molecule has 2 nitrogen and oxygen atoms in total. The quantitative estimate of drug-likeness (QED) is 0.0959. The summed E-state index contributed by atoms with van der Waals surface area (Å²) in [6.07, 6.45) is 25.3. The molecule has 2 aromatic carbocycles. The van der Waals surface area contributed by atoms with Gasteiger partial charge in [0.25, 0.3) is 5.91 Å². The van der Waals surface area contributed by atoms with E-state index in [1.54, 1.807) is 0 Å². The highest BCUT2D eigenvalue weighted by Gasteiger charge is 2.14. The van der Waals surface area contributed by atoms with Gasteiger partial charge in [-0.1, -0.05) is 135 Å². The molecule has 0 aliphatic carbocycles. The first-order chi connectivity index (χ1) is 20.2.